The number of phenolic OH excluding ortho intramolecular Hbond substituents is 1. The summed E-state index contributed by atoms with van der Waals surface area (Å²) >= 11 is 7.87. The molecule has 0 amide bonds. The number of hydrogen-bond acceptors (Lipinski definition) is 4. The molecule has 0 spiro atoms. The van der Waals surface area contributed by atoms with Gasteiger partial charge in [-0.15, -0.1) is 12.4 Å². The Morgan fingerprint density at radius 1 is 1.09 bits per heavy atom. The number of hydrogen-bond donors (Lipinski definition) is 1. The molecule has 23 heavy (non-hydrogen) atoms. The fraction of sp³-hybridized carbons (Fsp3) is 0.294. The Kier molecular flexibility index (Phi) is 6.09. The first-order valence-electron chi connectivity index (χ1n) is 7.27. The van der Waals surface area contributed by atoms with Crippen LogP contribution in [0.1, 0.15) is 6.42 Å². The van der Waals surface area contributed by atoms with Crippen molar-refractivity contribution in [3.05, 3.63) is 41.4 Å². The van der Waals surface area contributed by atoms with Gasteiger partial charge in [0.1, 0.15) is 5.75 Å². The minimum absolute atomic E-state index is 0. The Bertz CT molecular complexity index is 694. The molecule has 0 bridgehead atoms. The van der Waals surface area contributed by atoms with Gasteiger partial charge in [0.2, 0.25) is 0 Å². The van der Waals surface area contributed by atoms with Crippen LogP contribution in [0.5, 0.6) is 5.75 Å². The predicted molar refractivity (Wildman–Crippen MR) is 101 cm³/mol. The molecule has 0 aromatic heterocycles. The van der Waals surface area contributed by atoms with E-state index in [1.165, 1.54) is 4.90 Å². The lowest BCUT2D eigenvalue weighted by Gasteiger charge is -2.33. The van der Waals surface area contributed by atoms with Gasteiger partial charge in [-0.3, -0.25) is 0 Å². The number of phenols is 1. The van der Waals surface area contributed by atoms with E-state index in [2.05, 4.69) is 23.9 Å². The van der Waals surface area contributed by atoms with Crippen LogP contribution in [0.25, 0.3) is 0 Å². The standard InChI is InChI=1S/C17H19ClN2OS.ClH/c1-19(2)8-3-9-20-14-6-5-13(21)11-17(14)22-16-7-4-12(18)10-15(16)20;/h4-7,10-11,21H,3,8-9H2,1-2H3;1H. The topological polar surface area (TPSA) is 26.7 Å². The van der Waals surface area contributed by atoms with Gasteiger partial charge in [-0.2, -0.15) is 0 Å². The number of rotatable bonds is 4. The second-order valence-corrected chi connectivity index (χ2v) is 7.19. The van der Waals surface area contributed by atoms with Gasteiger partial charge in [0.05, 0.1) is 11.4 Å². The average molecular weight is 371 g/mol. The Labute approximate surface area is 152 Å². The van der Waals surface area contributed by atoms with E-state index in [-0.39, 0.29) is 12.4 Å². The molecule has 0 saturated heterocycles. The summed E-state index contributed by atoms with van der Waals surface area (Å²) in [5, 5.41) is 10.5. The largest absolute Gasteiger partial charge is 0.508 e. The number of anilines is 2. The molecule has 2 aromatic rings. The molecule has 1 N–H and O–H groups in total. The minimum atomic E-state index is 0. The van der Waals surface area contributed by atoms with E-state index in [0.717, 1.165) is 40.8 Å². The highest BCUT2D eigenvalue weighted by Gasteiger charge is 2.23. The van der Waals surface area contributed by atoms with Crippen molar-refractivity contribution in [3.63, 3.8) is 0 Å². The van der Waals surface area contributed by atoms with Crippen molar-refractivity contribution in [1.29, 1.82) is 0 Å². The van der Waals surface area contributed by atoms with Crippen molar-refractivity contribution in [2.24, 2.45) is 0 Å². The van der Waals surface area contributed by atoms with E-state index in [1.807, 2.05) is 30.3 Å². The predicted octanol–water partition coefficient (Wildman–Crippen LogP) is 5.02. The quantitative estimate of drug-likeness (QED) is 0.816. The molecule has 0 atom stereocenters. The average Bonchev–Trinajstić information content (AvgIpc) is 2.46. The molecule has 0 unspecified atom stereocenters. The first-order valence-corrected chi connectivity index (χ1v) is 8.47. The highest BCUT2D eigenvalue weighted by atomic mass is 35.5. The van der Waals surface area contributed by atoms with Crippen molar-refractivity contribution >= 4 is 47.1 Å². The van der Waals surface area contributed by atoms with Gasteiger partial charge in [-0.1, -0.05) is 23.4 Å². The van der Waals surface area contributed by atoms with Crippen molar-refractivity contribution in [2.45, 2.75) is 16.2 Å². The van der Waals surface area contributed by atoms with Gasteiger partial charge in [0, 0.05) is 21.4 Å². The molecule has 3 nitrogen and oxygen atoms in total. The lowest BCUT2D eigenvalue weighted by atomic mass is 10.2. The van der Waals surface area contributed by atoms with Crippen LogP contribution in [0.15, 0.2) is 46.2 Å². The summed E-state index contributed by atoms with van der Waals surface area (Å²) in [5.74, 6) is 0.303. The zero-order valence-electron chi connectivity index (χ0n) is 13.1. The third-order valence-electron chi connectivity index (χ3n) is 3.65. The molecule has 1 aliphatic rings. The van der Waals surface area contributed by atoms with Crippen molar-refractivity contribution in [1.82, 2.24) is 4.90 Å². The summed E-state index contributed by atoms with van der Waals surface area (Å²) in [5.41, 5.74) is 2.28. The van der Waals surface area contributed by atoms with Gasteiger partial charge in [-0.25, -0.2) is 0 Å². The third-order valence-corrected chi connectivity index (χ3v) is 5.00. The van der Waals surface area contributed by atoms with E-state index < -0.39 is 0 Å². The number of halogens is 2. The maximum absolute atomic E-state index is 9.76. The van der Waals surface area contributed by atoms with Crippen LogP contribution in [-0.2, 0) is 0 Å². The highest BCUT2D eigenvalue weighted by Crippen LogP contribution is 2.49. The molecule has 0 aliphatic carbocycles. The summed E-state index contributed by atoms with van der Waals surface area (Å²) < 4.78 is 0. The first-order chi connectivity index (χ1) is 10.5. The second-order valence-electron chi connectivity index (χ2n) is 5.67. The maximum Gasteiger partial charge on any atom is 0.116 e. The molecule has 0 saturated carbocycles. The minimum Gasteiger partial charge on any atom is -0.508 e. The van der Waals surface area contributed by atoms with Crippen LogP contribution in [0.3, 0.4) is 0 Å². The molecule has 1 heterocycles. The number of benzene rings is 2. The van der Waals surface area contributed by atoms with E-state index in [9.17, 15) is 5.11 Å². The van der Waals surface area contributed by atoms with Crippen LogP contribution in [0.4, 0.5) is 11.4 Å². The van der Waals surface area contributed by atoms with Gasteiger partial charge in [-0.05, 0) is 63.5 Å². The first kappa shape index (κ1) is 18.3. The Balaban J connectivity index is 0.00000192. The third kappa shape index (κ3) is 4.07. The number of aromatic hydroxyl groups is 1. The van der Waals surface area contributed by atoms with Crippen LogP contribution < -0.4 is 4.90 Å². The van der Waals surface area contributed by atoms with Crippen molar-refractivity contribution in [2.75, 3.05) is 32.1 Å². The molecule has 6 heteroatoms. The molecular weight excluding hydrogens is 351 g/mol. The van der Waals surface area contributed by atoms with Crippen LogP contribution >= 0.6 is 35.8 Å². The van der Waals surface area contributed by atoms with Gasteiger partial charge < -0.3 is 14.9 Å². The zero-order chi connectivity index (χ0) is 15.7. The fourth-order valence-electron chi connectivity index (χ4n) is 2.63. The van der Waals surface area contributed by atoms with E-state index >= 15 is 0 Å². The Hall–Kier alpha value is -1.07. The number of nitrogens with zero attached hydrogens (tertiary/aromatic N) is 2. The van der Waals surface area contributed by atoms with Gasteiger partial charge >= 0.3 is 0 Å². The molecule has 2 aromatic carbocycles. The summed E-state index contributed by atoms with van der Waals surface area (Å²) in [7, 11) is 4.17. The molecule has 1 aliphatic heterocycles. The molecule has 0 radical (unpaired) electrons. The fourth-order valence-corrected chi connectivity index (χ4v) is 3.91. The zero-order valence-corrected chi connectivity index (χ0v) is 15.5. The summed E-state index contributed by atoms with van der Waals surface area (Å²) in [4.78, 5) is 6.75. The molecule has 124 valence electrons. The second kappa shape index (κ2) is 7.67. The smallest absolute Gasteiger partial charge is 0.116 e. The van der Waals surface area contributed by atoms with Gasteiger partial charge in [0.15, 0.2) is 0 Å². The lowest BCUT2D eigenvalue weighted by Crippen LogP contribution is -2.25. The van der Waals surface area contributed by atoms with Gasteiger partial charge in [0.25, 0.3) is 0 Å². The van der Waals surface area contributed by atoms with E-state index in [1.54, 1.807) is 17.8 Å². The Morgan fingerprint density at radius 3 is 2.61 bits per heavy atom. The monoisotopic (exact) mass is 370 g/mol. The molecule has 0 fully saturated rings. The Morgan fingerprint density at radius 2 is 1.87 bits per heavy atom. The van der Waals surface area contributed by atoms with Crippen LogP contribution in [0, 0.1) is 0 Å². The van der Waals surface area contributed by atoms with Crippen LogP contribution in [-0.4, -0.2) is 37.2 Å². The summed E-state index contributed by atoms with van der Waals surface area (Å²) in [6.07, 6.45) is 1.06. The SMILES string of the molecule is CN(C)CCCN1c2ccc(O)cc2Sc2ccc(Cl)cc21.Cl. The van der Waals surface area contributed by atoms with Crippen molar-refractivity contribution < 1.29 is 5.11 Å². The summed E-state index contributed by atoms with van der Waals surface area (Å²) in [6, 6.07) is 11.5. The molecule has 3 rings (SSSR count). The maximum atomic E-state index is 9.76. The summed E-state index contributed by atoms with van der Waals surface area (Å²) in [6.45, 7) is 1.96. The van der Waals surface area contributed by atoms with Crippen LogP contribution in [0.2, 0.25) is 5.02 Å². The lowest BCUT2D eigenvalue weighted by molar-refractivity contribution is 0.402. The highest BCUT2D eigenvalue weighted by molar-refractivity contribution is 7.99. The van der Waals surface area contributed by atoms with E-state index in [0.29, 0.717) is 5.75 Å². The normalized spacial score (nSPS) is 12.6. The molecular formula is C17H20Cl2N2OS. The van der Waals surface area contributed by atoms with Crippen molar-refractivity contribution in [3.8, 4) is 5.75 Å². The number of fused-ring (bicyclic) bond motifs is 2. The van der Waals surface area contributed by atoms with E-state index in [4.69, 9.17) is 11.6 Å².